The lowest BCUT2D eigenvalue weighted by Gasteiger charge is -2.02. The van der Waals surface area contributed by atoms with Gasteiger partial charge in [0.25, 0.3) is 5.78 Å². The summed E-state index contributed by atoms with van der Waals surface area (Å²) in [6, 6.07) is 13.2. The number of fused-ring (bicyclic) bond motifs is 3. The molecule has 2 aromatic carbocycles. The molecule has 6 nitrogen and oxygen atoms in total. The molecule has 4 rings (SSSR count). The fourth-order valence-corrected chi connectivity index (χ4v) is 2.54. The van der Waals surface area contributed by atoms with Gasteiger partial charge in [-0.1, -0.05) is 17.7 Å². The first-order valence-electron chi connectivity index (χ1n) is 6.68. The lowest BCUT2D eigenvalue weighted by atomic mass is 10.3. The van der Waals surface area contributed by atoms with Crippen molar-refractivity contribution in [3.63, 3.8) is 0 Å². The van der Waals surface area contributed by atoms with Crippen LogP contribution in [-0.2, 0) is 0 Å². The van der Waals surface area contributed by atoms with Gasteiger partial charge in [-0.15, -0.1) is 0 Å². The van der Waals surface area contributed by atoms with Crippen LogP contribution in [0.5, 0.6) is 5.75 Å². The van der Waals surface area contributed by atoms with Gasteiger partial charge in [0.2, 0.25) is 5.95 Å². The molecule has 110 valence electrons. The fourth-order valence-electron chi connectivity index (χ4n) is 2.35. The van der Waals surface area contributed by atoms with Gasteiger partial charge in [-0.3, -0.25) is 5.10 Å². The summed E-state index contributed by atoms with van der Waals surface area (Å²) in [5, 5.41) is 7.01. The average Bonchev–Trinajstić information content (AvgIpc) is 3.03. The Morgan fingerprint density at radius 1 is 1.18 bits per heavy atom. The van der Waals surface area contributed by atoms with Crippen molar-refractivity contribution < 1.29 is 4.74 Å². The summed E-state index contributed by atoms with van der Waals surface area (Å²) in [5.74, 6) is 1.96. The van der Waals surface area contributed by atoms with Crippen molar-refractivity contribution in [1.29, 1.82) is 0 Å². The molecular formula is C15H12ClN5O. The zero-order valence-electron chi connectivity index (χ0n) is 11.7. The second kappa shape index (κ2) is 4.92. The Labute approximate surface area is 130 Å². The number of hydrogen-bond donors (Lipinski definition) is 2. The number of anilines is 2. The second-order valence-corrected chi connectivity index (χ2v) is 5.25. The van der Waals surface area contributed by atoms with Gasteiger partial charge in [-0.25, -0.2) is 9.50 Å². The van der Waals surface area contributed by atoms with Gasteiger partial charge in [0.15, 0.2) is 0 Å². The van der Waals surface area contributed by atoms with Crippen LogP contribution in [0.1, 0.15) is 0 Å². The van der Waals surface area contributed by atoms with Crippen LogP contribution in [0.25, 0.3) is 16.8 Å². The molecule has 0 aliphatic rings. The van der Waals surface area contributed by atoms with E-state index in [1.54, 1.807) is 7.11 Å². The van der Waals surface area contributed by atoms with E-state index in [-0.39, 0.29) is 0 Å². The molecule has 0 atom stereocenters. The third-order valence-corrected chi connectivity index (χ3v) is 3.60. The second-order valence-electron chi connectivity index (χ2n) is 4.81. The summed E-state index contributed by atoms with van der Waals surface area (Å²) in [7, 11) is 1.63. The highest BCUT2D eigenvalue weighted by molar-refractivity contribution is 6.30. The Hall–Kier alpha value is -2.73. The molecule has 0 spiro atoms. The van der Waals surface area contributed by atoms with Crippen LogP contribution >= 0.6 is 11.6 Å². The Bertz CT molecular complexity index is 975. The molecule has 0 saturated carbocycles. The molecule has 2 N–H and O–H groups in total. The molecule has 0 aliphatic carbocycles. The largest absolute Gasteiger partial charge is 0.497 e. The fraction of sp³-hybridized carbons (Fsp3) is 0.0667. The summed E-state index contributed by atoms with van der Waals surface area (Å²) in [4.78, 5) is 8.91. The zero-order valence-corrected chi connectivity index (χ0v) is 12.4. The Morgan fingerprint density at radius 3 is 2.91 bits per heavy atom. The normalized spacial score (nSPS) is 11.2. The number of methoxy groups -OCH3 is 1. The van der Waals surface area contributed by atoms with E-state index < -0.39 is 0 Å². The van der Waals surface area contributed by atoms with E-state index in [1.165, 1.54) is 0 Å². The van der Waals surface area contributed by atoms with Gasteiger partial charge >= 0.3 is 0 Å². The molecule has 0 fully saturated rings. The highest BCUT2D eigenvalue weighted by Crippen LogP contribution is 2.23. The van der Waals surface area contributed by atoms with E-state index in [2.05, 4.69) is 20.4 Å². The van der Waals surface area contributed by atoms with Gasteiger partial charge in [0.1, 0.15) is 5.75 Å². The molecule has 0 amide bonds. The van der Waals surface area contributed by atoms with Crippen LogP contribution in [0.15, 0.2) is 42.5 Å². The maximum atomic E-state index is 5.98. The van der Waals surface area contributed by atoms with Crippen LogP contribution in [0.3, 0.4) is 0 Å². The number of ether oxygens (including phenoxy) is 1. The molecule has 2 heterocycles. The van der Waals surface area contributed by atoms with Crippen molar-refractivity contribution in [2.45, 2.75) is 0 Å². The molecule has 0 radical (unpaired) electrons. The number of nitrogens with zero attached hydrogens (tertiary/aromatic N) is 3. The van der Waals surface area contributed by atoms with Gasteiger partial charge in [0.05, 0.1) is 18.1 Å². The summed E-state index contributed by atoms with van der Waals surface area (Å²) in [6.45, 7) is 0. The smallest absolute Gasteiger partial charge is 0.253 e. The molecule has 0 bridgehead atoms. The number of benzene rings is 2. The highest BCUT2D eigenvalue weighted by Gasteiger charge is 2.10. The van der Waals surface area contributed by atoms with E-state index in [0.717, 1.165) is 22.5 Å². The molecule has 0 saturated heterocycles. The topological polar surface area (TPSA) is 67.2 Å². The van der Waals surface area contributed by atoms with E-state index >= 15 is 0 Å². The average molecular weight is 314 g/mol. The monoisotopic (exact) mass is 313 g/mol. The van der Waals surface area contributed by atoms with Crippen molar-refractivity contribution in [2.75, 3.05) is 12.4 Å². The first-order valence-corrected chi connectivity index (χ1v) is 7.05. The van der Waals surface area contributed by atoms with Crippen LogP contribution in [0.2, 0.25) is 5.02 Å². The van der Waals surface area contributed by atoms with Crippen LogP contribution < -0.4 is 10.1 Å². The first-order chi connectivity index (χ1) is 10.7. The molecule has 0 aliphatic heterocycles. The van der Waals surface area contributed by atoms with Gasteiger partial charge in [0, 0.05) is 16.8 Å². The molecular weight excluding hydrogens is 302 g/mol. The summed E-state index contributed by atoms with van der Waals surface area (Å²) in [5.41, 5.74) is 2.62. The maximum absolute atomic E-state index is 5.98. The van der Waals surface area contributed by atoms with Crippen molar-refractivity contribution >= 4 is 40.0 Å². The van der Waals surface area contributed by atoms with Gasteiger partial charge in [-0.05, 0) is 30.3 Å². The molecule has 22 heavy (non-hydrogen) atoms. The number of hydrogen-bond acceptors (Lipinski definition) is 4. The Morgan fingerprint density at radius 2 is 2.09 bits per heavy atom. The Balaban J connectivity index is 1.75. The minimum Gasteiger partial charge on any atom is -0.497 e. The maximum Gasteiger partial charge on any atom is 0.253 e. The highest BCUT2D eigenvalue weighted by atomic mass is 35.5. The third-order valence-electron chi connectivity index (χ3n) is 3.36. The van der Waals surface area contributed by atoms with Crippen molar-refractivity contribution in [3.8, 4) is 5.75 Å². The van der Waals surface area contributed by atoms with Gasteiger partial charge < -0.3 is 10.1 Å². The molecule has 0 unspecified atom stereocenters. The van der Waals surface area contributed by atoms with E-state index in [4.69, 9.17) is 16.3 Å². The standard InChI is InChI=1S/C15H12ClN5O/c1-22-11-5-6-13-12(8-11)18-15-19-14(20-21(13)15)17-10-4-2-3-9(16)7-10/h2-8H,1H3,(H2,17,18,19,20). The predicted molar refractivity (Wildman–Crippen MR) is 86.1 cm³/mol. The quantitative estimate of drug-likeness (QED) is 0.606. The number of nitrogens with one attached hydrogen (secondary N) is 2. The molecule has 4 aromatic rings. The van der Waals surface area contributed by atoms with E-state index in [0.29, 0.717) is 16.7 Å². The van der Waals surface area contributed by atoms with Crippen LogP contribution in [0, 0.1) is 0 Å². The summed E-state index contributed by atoms with van der Waals surface area (Å²) < 4.78 is 7.03. The summed E-state index contributed by atoms with van der Waals surface area (Å²) >= 11 is 5.98. The molecule has 2 aromatic heterocycles. The van der Waals surface area contributed by atoms with E-state index in [9.17, 15) is 0 Å². The number of halogens is 1. The number of imidazole rings is 1. The number of aromatic nitrogens is 4. The Kier molecular flexibility index (Phi) is 2.90. The predicted octanol–water partition coefficient (Wildman–Crippen LogP) is 3.62. The minimum atomic E-state index is 0.591. The first kappa shape index (κ1) is 13.0. The number of H-pyrrole nitrogens is 1. The van der Waals surface area contributed by atoms with E-state index in [1.807, 2.05) is 47.0 Å². The van der Waals surface area contributed by atoms with Crippen LogP contribution in [0.4, 0.5) is 11.6 Å². The SMILES string of the molecule is COc1ccc2c(c1)nc1nc(Nc3cccc(Cl)c3)[nH]n12. The summed E-state index contributed by atoms with van der Waals surface area (Å²) in [6.07, 6.45) is 0. The van der Waals surface area contributed by atoms with Gasteiger partial charge in [-0.2, -0.15) is 4.98 Å². The number of aromatic amines is 1. The minimum absolute atomic E-state index is 0.591. The zero-order chi connectivity index (χ0) is 15.1. The lowest BCUT2D eigenvalue weighted by Crippen LogP contribution is -1.93. The van der Waals surface area contributed by atoms with Crippen LogP contribution in [-0.4, -0.2) is 26.7 Å². The van der Waals surface area contributed by atoms with Crippen molar-refractivity contribution in [2.24, 2.45) is 0 Å². The third kappa shape index (κ3) is 2.14. The van der Waals surface area contributed by atoms with Crippen molar-refractivity contribution in [3.05, 3.63) is 47.5 Å². The molecule has 7 heteroatoms. The lowest BCUT2D eigenvalue weighted by molar-refractivity contribution is 0.415. The van der Waals surface area contributed by atoms with Crippen molar-refractivity contribution in [1.82, 2.24) is 19.6 Å². The number of rotatable bonds is 3.